The molecule has 0 radical (unpaired) electrons. The molecular formula is C28H42N4O6S. The smallest absolute Gasteiger partial charge is 0.267 e. The molecule has 1 aliphatic heterocycles. The van der Waals surface area contributed by atoms with Gasteiger partial charge in [-0.25, -0.2) is 8.42 Å². The Morgan fingerprint density at radius 1 is 1.21 bits per heavy atom. The molecule has 0 unspecified atom stereocenters. The van der Waals surface area contributed by atoms with E-state index in [2.05, 4.69) is 28.8 Å². The monoisotopic (exact) mass is 562 g/mol. The van der Waals surface area contributed by atoms with Crippen LogP contribution in [0, 0.1) is 25.7 Å². The van der Waals surface area contributed by atoms with Gasteiger partial charge in [-0.2, -0.15) is 0 Å². The average Bonchev–Trinajstić information content (AvgIpc) is 3.25. The maximum atomic E-state index is 13.7. The number of aliphatic hydroxyl groups excluding tert-OH is 1. The normalized spacial score (nSPS) is 21.7. The van der Waals surface area contributed by atoms with Crippen LogP contribution in [0.1, 0.15) is 67.8 Å². The van der Waals surface area contributed by atoms with Gasteiger partial charge in [0, 0.05) is 31.2 Å². The minimum atomic E-state index is -3.99. The van der Waals surface area contributed by atoms with Gasteiger partial charge in [0.2, 0.25) is 0 Å². The number of hydrogen-bond donors (Lipinski definition) is 2. The van der Waals surface area contributed by atoms with Crippen LogP contribution in [0.15, 0.2) is 27.6 Å². The highest BCUT2D eigenvalue weighted by atomic mass is 32.2. The molecule has 11 heteroatoms. The van der Waals surface area contributed by atoms with Gasteiger partial charge in [-0.15, -0.1) is 0 Å². The fourth-order valence-electron chi connectivity index (χ4n) is 5.76. The number of fused-ring (bicyclic) bond motifs is 1. The van der Waals surface area contributed by atoms with E-state index in [-0.39, 0.29) is 52.1 Å². The Kier molecular flexibility index (Phi) is 9.23. The van der Waals surface area contributed by atoms with Crippen molar-refractivity contribution < 1.29 is 27.6 Å². The fraction of sp³-hybridized carbons (Fsp3) is 0.643. The molecule has 39 heavy (non-hydrogen) atoms. The van der Waals surface area contributed by atoms with Crippen LogP contribution in [0.2, 0.25) is 0 Å². The van der Waals surface area contributed by atoms with Crippen LogP contribution in [0.4, 0.5) is 5.69 Å². The number of likely N-dealkylation sites (N-methyl/N-ethyl adjacent to an activating group) is 1. The summed E-state index contributed by atoms with van der Waals surface area (Å²) in [5, 5.41) is 13.7. The van der Waals surface area contributed by atoms with E-state index in [0.29, 0.717) is 24.8 Å². The number of sulfonamides is 1. The number of benzene rings is 1. The van der Waals surface area contributed by atoms with Crippen LogP contribution in [0.3, 0.4) is 0 Å². The Balaban J connectivity index is 1.62. The van der Waals surface area contributed by atoms with E-state index in [0.717, 1.165) is 6.54 Å². The molecule has 1 amide bonds. The maximum Gasteiger partial charge on any atom is 0.267 e. The van der Waals surface area contributed by atoms with Gasteiger partial charge in [0.1, 0.15) is 17.5 Å². The van der Waals surface area contributed by atoms with Crippen molar-refractivity contribution >= 4 is 21.6 Å². The predicted molar refractivity (Wildman–Crippen MR) is 148 cm³/mol. The first-order chi connectivity index (χ1) is 18.5. The van der Waals surface area contributed by atoms with Gasteiger partial charge in [-0.3, -0.25) is 9.52 Å². The SMILES string of the molecule is Cc1noc(C)c1S(=O)(=O)Nc1ccc2c(c1)C(=O)N([C@H](C)CO)C[C@H](C)[C@H](CN(C)CC1CCCCC1)O2. The number of aliphatic hydroxyl groups is 1. The lowest BCUT2D eigenvalue weighted by Gasteiger charge is -2.38. The molecule has 2 aromatic rings. The van der Waals surface area contributed by atoms with Crippen LogP contribution in [0.5, 0.6) is 5.75 Å². The summed E-state index contributed by atoms with van der Waals surface area (Å²) in [5.74, 6) is 0.981. The van der Waals surface area contributed by atoms with Gasteiger partial charge in [0.05, 0.1) is 18.2 Å². The second-order valence-corrected chi connectivity index (χ2v) is 12.9. The number of aromatic nitrogens is 1. The topological polar surface area (TPSA) is 125 Å². The van der Waals surface area contributed by atoms with Crippen LogP contribution in [-0.4, -0.2) is 79.8 Å². The highest BCUT2D eigenvalue weighted by Gasteiger charge is 2.34. The predicted octanol–water partition coefficient (Wildman–Crippen LogP) is 3.82. The van der Waals surface area contributed by atoms with Gasteiger partial charge in [0.25, 0.3) is 15.9 Å². The molecule has 1 aromatic carbocycles. The lowest BCUT2D eigenvalue weighted by atomic mass is 9.89. The number of amides is 1. The first kappa shape index (κ1) is 29.4. The maximum absolute atomic E-state index is 13.7. The van der Waals surface area contributed by atoms with E-state index in [1.54, 1.807) is 30.9 Å². The van der Waals surface area contributed by atoms with Crippen molar-refractivity contribution in [2.24, 2.45) is 11.8 Å². The summed E-state index contributed by atoms with van der Waals surface area (Å²) < 4.78 is 40.3. The van der Waals surface area contributed by atoms with E-state index in [9.17, 15) is 18.3 Å². The fourth-order valence-corrected chi connectivity index (χ4v) is 7.14. The number of ether oxygens (including phenoxy) is 1. The van der Waals surface area contributed by atoms with Crippen molar-refractivity contribution in [1.29, 1.82) is 0 Å². The van der Waals surface area contributed by atoms with E-state index < -0.39 is 16.1 Å². The third-order valence-corrected chi connectivity index (χ3v) is 9.56. The molecule has 1 fully saturated rings. The number of aryl methyl sites for hydroxylation is 2. The number of carbonyl (C=O) groups is 1. The van der Waals surface area contributed by atoms with Crippen molar-refractivity contribution in [2.45, 2.75) is 76.8 Å². The van der Waals surface area contributed by atoms with E-state index in [1.807, 2.05) is 0 Å². The lowest BCUT2D eigenvalue weighted by Crippen LogP contribution is -2.50. The summed E-state index contributed by atoms with van der Waals surface area (Å²) in [7, 11) is -1.87. The Hall–Kier alpha value is -2.63. The Morgan fingerprint density at radius 2 is 1.92 bits per heavy atom. The highest BCUT2D eigenvalue weighted by molar-refractivity contribution is 7.92. The number of nitrogens with one attached hydrogen (secondary N) is 1. The highest BCUT2D eigenvalue weighted by Crippen LogP contribution is 2.32. The molecule has 4 rings (SSSR count). The molecule has 1 aromatic heterocycles. The summed E-state index contributed by atoms with van der Waals surface area (Å²) in [6.07, 6.45) is 6.24. The van der Waals surface area contributed by atoms with E-state index >= 15 is 0 Å². The average molecular weight is 563 g/mol. The molecule has 0 spiro atoms. The van der Waals surface area contributed by atoms with Crippen LogP contribution in [0.25, 0.3) is 0 Å². The third kappa shape index (κ3) is 6.75. The van der Waals surface area contributed by atoms with E-state index in [1.165, 1.54) is 45.1 Å². The van der Waals surface area contributed by atoms with Crippen molar-refractivity contribution in [3.05, 3.63) is 35.2 Å². The summed E-state index contributed by atoms with van der Waals surface area (Å²) >= 11 is 0. The van der Waals surface area contributed by atoms with Gasteiger partial charge < -0.3 is 24.2 Å². The van der Waals surface area contributed by atoms with Gasteiger partial charge >= 0.3 is 0 Å². The molecule has 0 bridgehead atoms. The summed E-state index contributed by atoms with van der Waals surface area (Å²) in [6, 6.07) is 4.33. The minimum Gasteiger partial charge on any atom is -0.488 e. The Bertz CT molecular complexity index is 1240. The largest absolute Gasteiger partial charge is 0.488 e. The third-order valence-electron chi connectivity index (χ3n) is 7.94. The summed E-state index contributed by atoms with van der Waals surface area (Å²) in [6.45, 7) is 8.92. The van der Waals surface area contributed by atoms with Crippen molar-refractivity contribution in [3.8, 4) is 5.75 Å². The first-order valence-electron chi connectivity index (χ1n) is 13.9. The standard InChI is InChI=1S/C28H42N4O6S/c1-18-14-32(19(2)17-33)28(34)24-13-23(30-39(35,36)27-20(3)29-38-21(27)4)11-12-25(24)37-26(18)16-31(5)15-22-9-7-6-8-10-22/h11-13,18-19,22,26,30,33H,6-10,14-17H2,1-5H3/t18-,19+,26-/m0/s1. The van der Waals surface area contributed by atoms with Gasteiger partial charge in [-0.1, -0.05) is 31.3 Å². The zero-order valence-corrected chi connectivity index (χ0v) is 24.5. The summed E-state index contributed by atoms with van der Waals surface area (Å²) in [5.41, 5.74) is 0.728. The van der Waals surface area contributed by atoms with E-state index in [4.69, 9.17) is 9.26 Å². The number of nitrogens with zero attached hydrogens (tertiary/aromatic N) is 3. The van der Waals surface area contributed by atoms with Crippen LogP contribution in [-0.2, 0) is 10.0 Å². The number of rotatable bonds is 9. The molecule has 2 heterocycles. The Morgan fingerprint density at radius 3 is 2.56 bits per heavy atom. The second-order valence-electron chi connectivity index (χ2n) is 11.3. The lowest BCUT2D eigenvalue weighted by molar-refractivity contribution is 0.0330. The molecule has 216 valence electrons. The van der Waals surface area contributed by atoms with Gasteiger partial charge in [-0.05, 0) is 64.8 Å². The number of carbonyl (C=O) groups excluding carboxylic acids is 1. The first-order valence-corrected chi connectivity index (χ1v) is 15.3. The molecule has 1 aliphatic carbocycles. The molecule has 1 saturated carbocycles. The molecule has 0 saturated heterocycles. The van der Waals surface area contributed by atoms with Crippen molar-refractivity contribution in [3.63, 3.8) is 0 Å². The van der Waals surface area contributed by atoms with Crippen LogP contribution < -0.4 is 9.46 Å². The molecule has 3 atom stereocenters. The number of hydrogen-bond acceptors (Lipinski definition) is 8. The molecular weight excluding hydrogens is 520 g/mol. The number of anilines is 1. The zero-order valence-electron chi connectivity index (χ0n) is 23.6. The summed E-state index contributed by atoms with van der Waals surface area (Å²) in [4.78, 5) is 17.7. The molecule has 2 aliphatic rings. The Labute approximate surface area is 231 Å². The molecule has 10 nitrogen and oxygen atoms in total. The van der Waals surface area contributed by atoms with Gasteiger partial charge in [0.15, 0.2) is 10.7 Å². The quantitative estimate of drug-likeness (QED) is 0.473. The van der Waals surface area contributed by atoms with Crippen LogP contribution >= 0.6 is 0 Å². The zero-order chi connectivity index (χ0) is 28.3. The molecule has 2 N–H and O–H groups in total. The van der Waals surface area contributed by atoms with Crippen molar-refractivity contribution in [2.75, 3.05) is 38.0 Å². The van der Waals surface area contributed by atoms with Crippen molar-refractivity contribution in [1.82, 2.24) is 15.0 Å². The second kappa shape index (κ2) is 12.3. The minimum absolute atomic E-state index is 0.0163.